The molecule has 31 heavy (non-hydrogen) atoms. The Labute approximate surface area is 189 Å². The van der Waals surface area contributed by atoms with Crippen LogP contribution in [0.2, 0.25) is 5.02 Å². The molecule has 3 aromatic rings. The molecule has 9 heteroatoms. The van der Waals surface area contributed by atoms with Gasteiger partial charge >= 0.3 is 0 Å². The zero-order valence-electron chi connectivity index (χ0n) is 17.4. The number of anilines is 1. The predicted molar refractivity (Wildman–Crippen MR) is 123 cm³/mol. The number of methoxy groups -OCH3 is 1. The largest absolute Gasteiger partial charge is 0.497 e. The molecule has 7 nitrogen and oxygen atoms in total. The molecule has 0 saturated carbocycles. The normalized spacial score (nSPS) is 12.6. The number of rotatable bonds is 8. The highest BCUT2D eigenvalue weighted by Crippen LogP contribution is 2.29. The van der Waals surface area contributed by atoms with Crippen LogP contribution in [0, 0.1) is 5.92 Å². The van der Waals surface area contributed by atoms with Crippen molar-refractivity contribution in [2.45, 2.75) is 26.3 Å². The van der Waals surface area contributed by atoms with Crippen molar-refractivity contribution in [3.8, 4) is 16.3 Å². The van der Waals surface area contributed by atoms with E-state index in [0.29, 0.717) is 32.9 Å². The Balaban J connectivity index is 1.75. The molecule has 0 aliphatic heterocycles. The predicted octanol–water partition coefficient (Wildman–Crippen LogP) is 4.65. The van der Waals surface area contributed by atoms with Gasteiger partial charge in [0.1, 0.15) is 16.8 Å². The number of carbonyl (C=O) groups is 2. The first kappa shape index (κ1) is 22.7. The number of benzene rings is 2. The summed E-state index contributed by atoms with van der Waals surface area (Å²) in [6.07, 6.45) is 0.700. The lowest BCUT2D eigenvalue weighted by atomic mass is 9.98. The van der Waals surface area contributed by atoms with Crippen LogP contribution in [0.15, 0.2) is 48.5 Å². The lowest BCUT2D eigenvalue weighted by molar-refractivity contribution is -0.119. The first-order chi connectivity index (χ1) is 14.9. The third-order valence-electron chi connectivity index (χ3n) is 4.87. The van der Waals surface area contributed by atoms with Gasteiger partial charge in [-0.2, -0.15) is 0 Å². The van der Waals surface area contributed by atoms with E-state index in [-0.39, 0.29) is 11.8 Å². The first-order valence-corrected chi connectivity index (χ1v) is 11.0. The van der Waals surface area contributed by atoms with Crippen LogP contribution in [-0.2, 0) is 4.79 Å². The fourth-order valence-electron chi connectivity index (χ4n) is 2.90. The maximum atomic E-state index is 13.0. The third kappa shape index (κ3) is 5.59. The summed E-state index contributed by atoms with van der Waals surface area (Å²) in [4.78, 5) is 25.7. The first-order valence-electron chi connectivity index (χ1n) is 9.77. The molecular formula is C22H23ClN4O3S. The Hall–Kier alpha value is -2.97. The maximum Gasteiger partial charge on any atom is 0.253 e. The van der Waals surface area contributed by atoms with Gasteiger partial charge in [0.2, 0.25) is 11.0 Å². The van der Waals surface area contributed by atoms with Gasteiger partial charge in [0.05, 0.1) is 17.7 Å². The Kier molecular flexibility index (Phi) is 7.59. The zero-order chi connectivity index (χ0) is 22.4. The van der Waals surface area contributed by atoms with Gasteiger partial charge in [-0.15, -0.1) is 10.2 Å². The summed E-state index contributed by atoms with van der Waals surface area (Å²) in [6.45, 7) is 3.86. The molecule has 0 radical (unpaired) electrons. The quantitative estimate of drug-likeness (QED) is 0.512. The lowest BCUT2D eigenvalue weighted by Crippen LogP contribution is -2.47. The molecular weight excluding hydrogens is 436 g/mol. The number of aromatic nitrogens is 2. The smallest absolute Gasteiger partial charge is 0.253 e. The molecule has 3 rings (SSSR count). The monoisotopic (exact) mass is 458 g/mol. The van der Waals surface area contributed by atoms with Crippen molar-refractivity contribution in [3.63, 3.8) is 0 Å². The highest BCUT2D eigenvalue weighted by molar-refractivity contribution is 7.18. The van der Waals surface area contributed by atoms with Crippen LogP contribution >= 0.6 is 22.9 Å². The number of ether oxygens (including phenoxy) is 1. The van der Waals surface area contributed by atoms with Crippen LogP contribution in [0.4, 0.5) is 5.13 Å². The fourth-order valence-corrected chi connectivity index (χ4v) is 3.86. The number of nitrogens with zero attached hydrogens (tertiary/aromatic N) is 2. The number of carbonyl (C=O) groups excluding carboxylic acids is 2. The van der Waals surface area contributed by atoms with Crippen LogP contribution in [0.25, 0.3) is 10.6 Å². The van der Waals surface area contributed by atoms with E-state index in [4.69, 9.17) is 16.3 Å². The van der Waals surface area contributed by atoms with E-state index in [2.05, 4.69) is 20.8 Å². The van der Waals surface area contributed by atoms with Crippen molar-refractivity contribution in [1.29, 1.82) is 0 Å². The molecule has 2 atom stereocenters. The number of hydrogen-bond donors (Lipinski definition) is 2. The average Bonchev–Trinajstić information content (AvgIpc) is 3.25. The lowest BCUT2D eigenvalue weighted by Gasteiger charge is -2.23. The SMILES string of the molecule is CCC(C)C(NC(=O)c1ccccc1Cl)C(=O)Nc1nnc(-c2cccc(OC)c2)s1. The number of amides is 2. The number of nitrogens with one attached hydrogen (secondary N) is 2. The molecule has 2 amide bonds. The number of hydrogen-bond acceptors (Lipinski definition) is 6. The van der Waals surface area contributed by atoms with E-state index >= 15 is 0 Å². The molecule has 2 unspecified atom stereocenters. The van der Waals surface area contributed by atoms with Crippen molar-refractivity contribution in [1.82, 2.24) is 15.5 Å². The van der Waals surface area contributed by atoms with Crippen LogP contribution in [-0.4, -0.2) is 35.2 Å². The highest BCUT2D eigenvalue weighted by Gasteiger charge is 2.28. The summed E-state index contributed by atoms with van der Waals surface area (Å²) in [7, 11) is 1.59. The molecule has 0 aliphatic rings. The van der Waals surface area contributed by atoms with Gasteiger partial charge in [0, 0.05) is 5.56 Å². The van der Waals surface area contributed by atoms with E-state index in [1.165, 1.54) is 11.3 Å². The van der Waals surface area contributed by atoms with Crippen molar-refractivity contribution < 1.29 is 14.3 Å². The van der Waals surface area contributed by atoms with Crippen LogP contribution in [0.5, 0.6) is 5.75 Å². The zero-order valence-corrected chi connectivity index (χ0v) is 19.0. The maximum absolute atomic E-state index is 13.0. The second-order valence-corrected chi connectivity index (χ2v) is 8.33. The van der Waals surface area contributed by atoms with Crippen molar-refractivity contribution in [2.75, 3.05) is 12.4 Å². The molecule has 2 aromatic carbocycles. The molecule has 162 valence electrons. The van der Waals surface area contributed by atoms with Crippen LogP contribution in [0.3, 0.4) is 0 Å². The van der Waals surface area contributed by atoms with Gasteiger partial charge in [0.25, 0.3) is 5.91 Å². The summed E-state index contributed by atoms with van der Waals surface area (Å²) in [5.74, 6) is -0.155. The van der Waals surface area contributed by atoms with Crippen molar-refractivity contribution in [2.24, 2.45) is 5.92 Å². The minimum Gasteiger partial charge on any atom is -0.497 e. The van der Waals surface area contributed by atoms with E-state index in [0.717, 1.165) is 5.56 Å². The molecule has 0 aliphatic carbocycles. The molecule has 0 spiro atoms. The molecule has 1 aromatic heterocycles. The van der Waals surface area contributed by atoms with Crippen molar-refractivity contribution >= 4 is 39.9 Å². The van der Waals surface area contributed by atoms with E-state index in [1.54, 1.807) is 31.4 Å². The van der Waals surface area contributed by atoms with Gasteiger partial charge < -0.3 is 10.1 Å². The number of halogens is 1. The highest BCUT2D eigenvalue weighted by atomic mass is 35.5. The van der Waals surface area contributed by atoms with E-state index in [9.17, 15) is 9.59 Å². The summed E-state index contributed by atoms with van der Waals surface area (Å²) in [5, 5.41) is 15.1. The topological polar surface area (TPSA) is 93.2 Å². The molecule has 0 saturated heterocycles. The fraction of sp³-hybridized carbons (Fsp3) is 0.273. The van der Waals surface area contributed by atoms with Crippen LogP contribution in [0.1, 0.15) is 30.6 Å². The molecule has 0 fully saturated rings. The average molecular weight is 459 g/mol. The van der Waals surface area contributed by atoms with E-state index in [1.807, 2.05) is 38.1 Å². The summed E-state index contributed by atoms with van der Waals surface area (Å²) < 4.78 is 5.24. The Morgan fingerprint density at radius 2 is 1.94 bits per heavy atom. The van der Waals surface area contributed by atoms with Crippen molar-refractivity contribution in [3.05, 3.63) is 59.1 Å². The third-order valence-corrected chi connectivity index (χ3v) is 6.09. The summed E-state index contributed by atoms with van der Waals surface area (Å²) >= 11 is 7.37. The van der Waals surface area contributed by atoms with Crippen LogP contribution < -0.4 is 15.4 Å². The molecule has 2 N–H and O–H groups in total. The second kappa shape index (κ2) is 10.4. The Morgan fingerprint density at radius 3 is 2.65 bits per heavy atom. The van der Waals surface area contributed by atoms with Gasteiger partial charge in [-0.3, -0.25) is 14.9 Å². The minimum absolute atomic E-state index is 0.0998. The molecule has 1 heterocycles. The van der Waals surface area contributed by atoms with Gasteiger partial charge in [-0.25, -0.2) is 0 Å². The van der Waals surface area contributed by atoms with Gasteiger partial charge in [-0.1, -0.05) is 67.5 Å². The van der Waals surface area contributed by atoms with E-state index < -0.39 is 11.9 Å². The second-order valence-electron chi connectivity index (χ2n) is 6.95. The van der Waals surface area contributed by atoms with Gasteiger partial charge in [-0.05, 0) is 30.2 Å². The summed E-state index contributed by atoms with van der Waals surface area (Å²) in [5.41, 5.74) is 1.16. The van der Waals surface area contributed by atoms with Gasteiger partial charge in [0.15, 0.2) is 0 Å². The standard InChI is InChI=1S/C22H23ClN4O3S/c1-4-13(2)18(24-19(28)16-10-5-6-11-17(16)23)20(29)25-22-27-26-21(31-22)14-8-7-9-15(12-14)30-3/h5-13,18H,4H2,1-3H3,(H,24,28)(H,25,27,29). The summed E-state index contributed by atoms with van der Waals surface area (Å²) in [6, 6.07) is 13.4. The molecule has 0 bridgehead atoms. The minimum atomic E-state index is -0.752. The Morgan fingerprint density at radius 1 is 1.16 bits per heavy atom. The Bertz CT molecular complexity index is 1070.